The minimum absolute atomic E-state index is 0. The van der Waals surface area contributed by atoms with Gasteiger partial charge >= 0.3 is 0 Å². The van der Waals surface area contributed by atoms with Crippen molar-refractivity contribution in [3.63, 3.8) is 0 Å². The van der Waals surface area contributed by atoms with Gasteiger partial charge in [-0.25, -0.2) is 13.8 Å². The van der Waals surface area contributed by atoms with Gasteiger partial charge in [0.15, 0.2) is 5.82 Å². The maximum Gasteiger partial charge on any atom is 0.153 e. The van der Waals surface area contributed by atoms with Gasteiger partial charge in [-0.2, -0.15) is 0 Å². The van der Waals surface area contributed by atoms with Crippen molar-refractivity contribution in [2.45, 2.75) is 0 Å². The van der Waals surface area contributed by atoms with Crippen molar-refractivity contribution in [1.82, 2.24) is 19.9 Å². The van der Waals surface area contributed by atoms with Gasteiger partial charge in [0.1, 0.15) is 11.5 Å². The summed E-state index contributed by atoms with van der Waals surface area (Å²) in [6.07, 6.45) is 3.95. The molecular weight excluding hydrogens is 747 g/mol. The zero-order valence-corrected chi connectivity index (χ0v) is 24.0. The summed E-state index contributed by atoms with van der Waals surface area (Å²) in [6, 6.07) is 23.0. The molecule has 4 nitrogen and oxygen atoms in total. The smallest absolute Gasteiger partial charge is 0.153 e. The van der Waals surface area contributed by atoms with E-state index in [0.717, 1.165) is 18.3 Å². The molecule has 0 fully saturated rings. The van der Waals surface area contributed by atoms with Gasteiger partial charge in [0.25, 0.3) is 0 Å². The van der Waals surface area contributed by atoms with Gasteiger partial charge in [-0.05, 0) is 23.9 Å². The SMILES string of the molecule is Fc1c[c-]c(-c2cccc(-c3ncc(F)cc3F)n2)c(F)c1.Fc1cc(F)c(-c2ccccn2)[c-]c1-c1ccccn1.[Ir]. The number of nitrogens with zero attached hydrogens (tertiary/aromatic N) is 4. The third kappa shape index (κ3) is 7.38. The predicted octanol–water partition coefficient (Wildman–Crippen LogP) is 8.05. The van der Waals surface area contributed by atoms with Crippen molar-refractivity contribution in [2.24, 2.45) is 0 Å². The molecule has 4 heterocycles. The third-order valence-electron chi connectivity index (χ3n) is 5.74. The Bertz CT molecular complexity index is 1730. The summed E-state index contributed by atoms with van der Waals surface area (Å²) < 4.78 is 81.1. The van der Waals surface area contributed by atoms with Gasteiger partial charge in [-0.1, -0.05) is 65.2 Å². The first-order valence-electron chi connectivity index (χ1n) is 12.2. The van der Waals surface area contributed by atoms with Crippen molar-refractivity contribution in [2.75, 3.05) is 0 Å². The number of hydrogen-bond donors (Lipinski definition) is 0. The van der Waals surface area contributed by atoms with E-state index in [-0.39, 0.29) is 53.9 Å². The first-order chi connectivity index (χ1) is 20.3. The molecular formula is C32H16F6IrN4-2. The van der Waals surface area contributed by atoms with Crippen LogP contribution in [-0.2, 0) is 20.1 Å². The van der Waals surface area contributed by atoms with E-state index >= 15 is 0 Å². The molecule has 0 bridgehead atoms. The van der Waals surface area contributed by atoms with E-state index in [2.05, 4.69) is 32.1 Å². The van der Waals surface area contributed by atoms with Crippen LogP contribution in [0, 0.1) is 47.0 Å². The first kappa shape index (κ1) is 31.2. The molecule has 1 radical (unpaired) electrons. The molecule has 217 valence electrons. The van der Waals surface area contributed by atoms with Crippen LogP contribution in [0.4, 0.5) is 26.3 Å². The number of pyridine rings is 4. The summed E-state index contributed by atoms with van der Waals surface area (Å²) in [7, 11) is 0. The van der Waals surface area contributed by atoms with E-state index in [9.17, 15) is 26.3 Å². The average Bonchev–Trinajstić information content (AvgIpc) is 2.98. The summed E-state index contributed by atoms with van der Waals surface area (Å²) >= 11 is 0. The third-order valence-corrected chi connectivity index (χ3v) is 5.74. The summed E-state index contributed by atoms with van der Waals surface area (Å²) in [6.45, 7) is 0. The van der Waals surface area contributed by atoms with E-state index in [4.69, 9.17) is 0 Å². The van der Waals surface area contributed by atoms with Gasteiger partial charge < -0.3 is 0 Å². The van der Waals surface area contributed by atoms with Crippen molar-refractivity contribution in [3.05, 3.63) is 144 Å². The fourth-order valence-electron chi connectivity index (χ4n) is 3.84. The van der Waals surface area contributed by atoms with Crippen molar-refractivity contribution in [1.29, 1.82) is 0 Å². The van der Waals surface area contributed by atoms with Crippen LogP contribution in [0.25, 0.3) is 45.2 Å². The van der Waals surface area contributed by atoms with Crippen LogP contribution in [0.2, 0.25) is 0 Å². The zero-order chi connectivity index (χ0) is 29.6. The van der Waals surface area contributed by atoms with Gasteiger partial charge in [-0.15, -0.1) is 18.2 Å². The molecule has 43 heavy (non-hydrogen) atoms. The van der Waals surface area contributed by atoms with E-state index in [0.29, 0.717) is 23.5 Å². The molecule has 4 aromatic heterocycles. The second-order valence-corrected chi connectivity index (χ2v) is 8.58. The molecule has 0 unspecified atom stereocenters. The second kappa shape index (κ2) is 14.0. The fraction of sp³-hybridized carbons (Fsp3) is 0. The largest absolute Gasteiger partial charge is 0.295 e. The Morgan fingerprint density at radius 3 is 1.63 bits per heavy atom. The van der Waals surface area contributed by atoms with Gasteiger partial charge in [-0.3, -0.25) is 32.5 Å². The van der Waals surface area contributed by atoms with Gasteiger partial charge in [0.05, 0.1) is 23.5 Å². The Morgan fingerprint density at radius 1 is 0.512 bits per heavy atom. The van der Waals surface area contributed by atoms with Crippen LogP contribution >= 0.6 is 0 Å². The standard InChI is InChI=1S/C16H7F4N2.C16H9F2N2.Ir/c17-9-4-5-11(12(19)6-9)14-2-1-3-15(22-14)16-13(20)7-10(18)8-21-16;17-13-10-14(18)12(16-6-2-4-8-20-16)9-11(13)15-5-1-3-7-19-15;/h1-4,6-8H;1-8,10H;/q2*-1;. The number of rotatable bonds is 4. The maximum absolute atomic E-state index is 13.9. The fourth-order valence-corrected chi connectivity index (χ4v) is 3.84. The average molecular weight is 763 g/mol. The Morgan fingerprint density at radius 2 is 1.07 bits per heavy atom. The molecule has 2 aromatic carbocycles. The van der Waals surface area contributed by atoms with Gasteiger partial charge in [0, 0.05) is 61.6 Å². The van der Waals surface area contributed by atoms with E-state index in [1.165, 1.54) is 18.2 Å². The minimum atomic E-state index is -0.881. The van der Waals surface area contributed by atoms with Crippen LogP contribution in [0.3, 0.4) is 0 Å². The summed E-state index contributed by atoms with van der Waals surface area (Å²) in [5.74, 6) is -4.67. The van der Waals surface area contributed by atoms with Crippen LogP contribution in [0.15, 0.2) is 97.5 Å². The zero-order valence-electron chi connectivity index (χ0n) is 21.6. The summed E-state index contributed by atoms with van der Waals surface area (Å²) in [5, 5.41) is 0. The molecule has 0 aliphatic heterocycles. The molecule has 0 saturated carbocycles. The Labute approximate surface area is 255 Å². The Hall–Kier alpha value is -4.73. The molecule has 0 aliphatic carbocycles. The van der Waals surface area contributed by atoms with Crippen molar-refractivity contribution < 1.29 is 46.4 Å². The summed E-state index contributed by atoms with van der Waals surface area (Å²) in [4.78, 5) is 15.8. The monoisotopic (exact) mass is 763 g/mol. The van der Waals surface area contributed by atoms with Crippen LogP contribution in [0.5, 0.6) is 0 Å². The molecule has 11 heteroatoms. The predicted molar refractivity (Wildman–Crippen MR) is 143 cm³/mol. The van der Waals surface area contributed by atoms with Crippen LogP contribution in [-0.4, -0.2) is 19.9 Å². The minimum Gasteiger partial charge on any atom is -0.295 e. The van der Waals surface area contributed by atoms with E-state index in [1.807, 2.05) is 0 Å². The molecule has 6 rings (SSSR count). The van der Waals surface area contributed by atoms with Crippen molar-refractivity contribution in [3.8, 4) is 45.2 Å². The van der Waals surface area contributed by atoms with Crippen LogP contribution < -0.4 is 0 Å². The number of benzene rings is 2. The molecule has 0 saturated heterocycles. The molecule has 0 spiro atoms. The number of halogens is 6. The number of aromatic nitrogens is 4. The van der Waals surface area contributed by atoms with Crippen LogP contribution in [0.1, 0.15) is 0 Å². The van der Waals surface area contributed by atoms with E-state index in [1.54, 1.807) is 48.8 Å². The molecule has 0 N–H and O–H groups in total. The van der Waals surface area contributed by atoms with E-state index < -0.39 is 34.9 Å². The molecule has 6 aromatic rings. The molecule has 0 amide bonds. The quantitative estimate of drug-likeness (QED) is 0.135. The molecule has 0 aliphatic rings. The normalized spacial score (nSPS) is 10.4. The molecule has 0 atom stereocenters. The Kier molecular flexibility index (Phi) is 10.1. The number of hydrogen-bond acceptors (Lipinski definition) is 4. The van der Waals surface area contributed by atoms with Crippen molar-refractivity contribution >= 4 is 0 Å². The Balaban J connectivity index is 0.000000193. The maximum atomic E-state index is 13.9. The summed E-state index contributed by atoms with van der Waals surface area (Å²) in [5.41, 5.74) is 1.11. The van der Waals surface area contributed by atoms with Gasteiger partial charge in [0.2, 0.25) is 0 Å². The second-order valence-electron chi connectivity index (χ2n) is 8.58. The first-order valence-corrected chi connectivity index (χ1v) is 12.2. The topological polar surface area (TPSA) is 51.6 Å².